The molecule has 0 amide bonds. The highest BCUT2D eigenvalue weighted by Crippen LogP contribution is 2.29. The van der Waals surface area contributed by atoms with Crippen molar-refractivity contribution in [3.05, 3.63) is 60.2 Å². The molecular formula is C19H27F2N5O3S. The average Bonchev–Trinajstić information content (AvgIpc) is 2.72. The minimum Gasteiger partial charge on any atom is -0.373 e. The van der Waals surface area contributed by atoms with Crippen LogP contribution in [0.4, 0.5) is 14.6 Å². The quantitative estimate of drug-likeness (QED) is 0.449. The standard InChI is InChI=1S/C17H21F2N5O3S.C2H6/c1-7-13(23-28(26,27)24(5)6)15(19)14(11(3)18)16(25)10(2)12-8-21-9-22-17(12)20-4;1-2/h7-9,23H,2-3H2,1,4-6H3,(H,20,21,22);1-2H3/b13-7+,15-14-;. The second-order valence-corrected chi connectivity index (χ2v) is 7.41. The fourth-order valence-electron chi connectivity index (χ4n) is 1.96. The van der Waals surface area contributed by atoms with E-state index in [4.69, 9.17) is 0 Å². The van der Waals surface area contributed by atoms with Crippen molar-refractivity contribution >= 4 is 27.4 Å². The highest BCUT2D eigenvalue weighted by atomic mass is 32.2. The van der Waals surface area contributed by atoms with E-state index in [2.05, 4.69) is 28.4 Å². The number of aromatic nitrogens is 2. The summed E-state index contributed by atoms with van der Waals surface area (Å²) in [6.07, 6.45) is 3.51. The largest absolute Gasteiger partial charge is 0.373 e. The van der Waals surface area contributed by atoms with Gasteiger partial charge < -0.3 is 5.32 Å². The van der Waals surface area contributed by atoms with Gasteiger partial charge in [-0.25, -0.2) is 18.7 Å². The van der Waals surface area contributed by atoms with Crippen LogP contribution in [0, 0.1) is 0 Å². The van der Waals surface area contributed by atoms with Gasteiger partial charge in [-0.15, -0.1) is 0 Å². The lowest BCUT2D eigenvalue weighted by molar-refractivity contribution is -0.110. The first-order valence-electron chi connectivity index (χ1n) is 8.81. The molecule has 166 valence electrons. The Hall–Kier alpha value is -2.92. The summed E-state index contributed by atoms with van der Waals surface area (Å²) in [5, 5.41) is 2.71. The molecule has 1 heterocycles. The number of Topliss-reactive ketones (excluding diaryl/α,β-unsaturated/α-hetero) is 1. The van der Waals surface area contributed by atoms with Crippen molar-refractivity contribution < 1.29 is 22.0 Å². The van der Waals surface area contributed by atoms with E-state index in [-0.39, 0.29) is 17.0 Å². The van der Waals surface area contributed by atoms with Gasteiger partial charge in [0.05, 0.1) is 11.3 Å². The summed E-state index contributed by atoms with van der Waals surface area (Å²) in [6, 6.07) is 0. The SMILES string of the molecule is C=C(F)/C(C(=O)C(=C)c1cncnc1NC)=C(F)\C(=C/C)NS(=O)(=O)N(C)C.CC. The van der Waals surface area contributed by atoms with Crippen molar-refractivity contribution in [3.8, 4) is 0 Å². The summed E-state index contributed by atoms with van der Waals surface area (Å²) < 4.78 is 55.6. The zero-order valence-corrected chi connectivity index (χ0v) is 18.7. The lowest BCUT2D eigenvalue weighted by Gasteiger charge is -2.17. The molecular weight excluding hydrogens is 416 g/mol. The molecule has 0 aliphatic carbocycles. The highest BCUT2D eigenvalue weighted by Gasteiger charge is 2.27. The van der Waals surface area contributed by atoms with E-state index in [0.717, 1.165) is 10.4 Å². The molecule has 2 N–H and O–H groups in total. The summed E-state index contributed by atoms with van der Waals surface area (Å²) in [5.74, 6) is -3.75. The molecule has 0 spiro atoms. The molecule has 30 heavy (non-hydrogen) atoms. The smallest absolute Gasteiger partial charge is 0.301 e. The molecule has 0 unspecified atom stereocenters. The molecule has 1 aromatic heterocycles. The minimum atomic E-state index is -4.10. The Bertz CT molecular complexity index is 970. The zero-order valence-electron chi connectivity index (χ0n) is 17.9. The molecule has 0 saturated carbocycles. The number of nitrogens with zero attached hydrogens (tertiary/aromatic N) is 3. The summed E-state index contributed by atoms with van der Waals surface area (Å²) in [5.41, 5.74) is -1.87. The fourth-order valence-corrected chi connectivity index (χ4v) is 2.63. The predicted octanol–water partition coefficient (Wildman–Crippen LogP) is 3.13. The lowest BCUT2D eigenvalue weighted by Crippen LogP contribution is -2.35. The van der Waals surface area contributed by atoms with Gasteiger partial charge in [0.1, 0.15) is 18.0 Å². The second kappa shape index (κ2) is 11.9. The van der Waals surface area contributed by atoms with Crippen LogP contribution in [0.25, 0.3) is 5.57 Å². The summed E-state index contributed by atoms with van der Waals surface area (Å²) in [7, 11) is -0.134. The maximum atomic E-state index is 14.9. The molecule has 1 aromatic rings. The number of nitrogens with one attached hydrogen (secondary N) is 2. The number of hydrogen-bond acceptors (Lipinski definition) is 6. The number of halogens is 2. The van der Waals surface area contributed by atoms with Gasteiger partial charge in [-0.1, -0.05) is 33.1 Å². The fraction of sp³-hybridized carbons (Fsp3) is 0.316. The molecule has 0 fully saturated rings. The van der Waals surface area contributed by atoms with E-state index in [1.165, 1.54) is 40.6 Å². The maximum absolute atomic E-state index is 14.9. The number of rotatable bonds is 9. The zero-order chi connectivity index (χ0) is 23.6. The second-order valence-electron chi connectivity index (χ2n) is 5.53. The molecule has 11 heteroatoms. The number of carbonyl (C=O) groups is 1. The molecule has 0 bridgehead atoms. The number of ketones is 1. The van der Waals surface area contributed by atoms with Crippen LogP contribution in [0.5, 0.6) is 0 Å². The van der Waals surface area contributed by atoms with Crippen LogP contribution in [0.1, 0.15) is 26.3 Å². The first-order valence-corrected chi connectivity index (χ1v) is 10.2. The molecule has 8 nitrogen and oxygen atoms in total. The predicted molar refractivity (Wildman–Crippen MR) is 115 cm³/mol. The van der Waals surface area contributed by atoms with E-state index in [0.29, 0.717) is 0 Å². The van der Waals surface area contributed by atoms with E-state index in [9.17, 15) is 22.0 Å². The monoisotopic (exact) mass is 443 g/mol. The first-order chi connectivity index (χ1) is 14.0. The highest BCUT2D eigenvalue weighted by molar-refractivity contribution is 7.87. The van der Waals surface area contributed by atoms with Gasteiger partial charge in [-0.05, 0) is 6.92 Å². The Kier molecular flexibility index (Phi) is 10.8. The van der Waals surface area contributed by atoms with E-state index >= 15 is 0 Å². The Labute approximate surface area is 176 Å². The third-order valence-corrected chi connectivity index (χ3v) is 4.95. The lowest BCUT2D eigenvalue weighted by atomic mass is 9.97. The van der Waals surface area contributed by atoms with Crippen LogP contribution < -0.4 is 10.0 Å². The van der Waals surface area contributed by atoms with Crippen LogP contribution in [0.3, 0.4) is 0 Å². The van der Waals surface area contributed by atoms with Gasteiger partial charge in [-0.2, -0.15) is 12.7 Å². The Morgan fingerprint density at radius 3 is 2.23 bits per heavy atom. The number of anilines is 1. The average molecular weight is 444 g/mol. The van der Waals surface area contributed by atoms with Crippen LogP contribution in [0.15, 0.2) is 54.7 Å². The van der Waals surface area contributed by atoms with Gasteiger partial charge >= 0.3 is 10.2 Å². The molecule has 0 atom stereocenters. The molecule has 0 aromatic carbocycles. The van der Waals surface area contributed by atoms with Crippen LogP contribution in [0.2, 0.25) is 0 Å². The Morgan fingerprint density at radius 2 is 1.80 bits per heavy atom. The van der Waals surface area contributed by atoms with E-state index in [1.807, 2.05) is 18.6 Å². The van der Waals surface area contributed by atoms with Crippen LogP contribution in [-0.2, 0) is 15.0 Å². The Balaban J connectivity index is 0.00000407. The van der Waals surface area contributed by atoms with Gasteiger partial charge in [0.2, 0.25) is 0 Å². The minimum absolute atomic E-state index is 0.123. The van der Waals surface area contributed by atoms with Crippen molar-refractivity contribution in [2.45, 2.75) is 20.8 Å². The van der Waals surface area contributed by atoms with E-state index < -0.39 is 38.9 Å². The van der Waals surface area contributed by atoms with E-state index in [1.54, 1.807) is 0 Å². The third kappa shape index (κ3) is 6.56. The van der Waals surface area contributed by atoms with Crippen molar-refractivity contribution in [1.82, 2.24) is 19.0 Å². The summed E-state index contributed by atoms with van der Waals surface area (Å²) >= 11 is 0. The molecule has 0 aliphatic rings. The van der Waals surface area contributed by atoms with Crippen molar-refractivity contribution in [3.63, 3.8) is 0 Å². The number of hydrogen-bond donors (Lipinski definition) is 2. The van der Waals surface area contributed by atoms with Gasteiger partial charge in [0, 0.05) is 38.5 Å². The third-order valence-electron chi connectivity index (χ3n) is 3.51. The van der Waals surface area contributed by atoms with Gasteiger partial charge in [0.25, 0.3) is 0 Å². The number of carbonyl (C=O) groups excluding carboxylic acids is 1. The van der Waals surface area contributed by atoms with Gasteiger partial charge in [0.15, 0.2) is 11.6 Å². The Morgan fingerprint density at radius 1 is 1.23 bits per heavy atom. The maximum Gasteiger partial charge on any atom is 0.301 e. The molecule has 1 rings (SSSR count). The van der Waals surface area contributed by atoms with Crippen molar-refractivity contribution in [2.24, 2.45) is 0 Å². The topological polar surface area (TPSA) is 104 Å². The van der Waals surface area contributed by atoms with Crippen molar-refractivity contribution in [1.29, 1.82) is 0 Å². The first kappa shape index (κ1) is 27.1. The normalized spacial score (nSPS) is 12.4. The molecule has 0 radical (unpaired) electrons. The summed E-state index contributed by atoms with van der Waals surface area (Å²) in [6.45, 7) is 11.9. The van der Waals surface area contributed by atoms with Crippen molar-refractivity contribution in [2.75, 3.05) is 26.5 Å². The molecule has 0 saturated heterocycles. The van der Waals surface area contributed by atoms with Crippen LogP contribution in [-0.4, -0.2) is 49.6 Å². The van der Waals surface area contributed by atoms with Crippen LogP contribution >= 0.6 is 0 Å². The van der Waals surface area contributed by atoms with Gasteiger partial charge in [-0.3, -0.25) is 9.52 Å². The summed E-state index contributed by atoms with van der Waals surface area (Å²) in [4.78, 5) is 20.4. The number of allylic oxidation sites excluding steroid dienone is 5. The molecule has 0 aliphatic heterocycles.